The molecule has 3 N–H and O–H groups in total. The monoisotopic (exact) mass is 328 g/mol. The van der Waals surface area contributed by atoms with Crippen molar-refractivity contribution in [3.63, 3.8) is 0 Å². The largest absolute Gasteiger partial charge is 0.370 e. The molecule has 5 heteroatoms. The molecule has 0 heterocycles. The number of hydrogen-bond donors (Lipinski definition) is 2. The fourth-order valence-electron chi connectivity index (χ4n) is 1.56. The fraction of sp³-hybridized carbons (Fsp3) is 0.500. The molecule has 1 amide bonds. The summed E-state index contributed by atoms with van der Waals surface area (Å²) < 4.78 is 6.32. The maximum atomic E-state index is 11.7. The van der Waals surface area contributed by atoms with Gasteiger partial charge in [0.25, 0.3) is 0 Å². The lowest BCUT2D eigenvalue weighted by molar-refractivity contribution is -0.121. The highest BCUT2D eigenvalue weighted by Gasteiger charge is 2.20. The Morgan fingerprint density at radius 3 is 2.68 bits per heavy atom. The summed E-state index contributed by atoms with van der Waals surface area (Å²) in [4.78, 5) is 11.7. The predicted molar refractivity (Wildman–Crippen MR) is 81.1 cm³/mol. The van der Waals surface area contributed by atoms with Crippen LogP contribution in [0.3, 0.4) is 0 Å². The van der Waals surface area contributed by atoms with E-state index in [2.05, 4.69) is 21.2 Å². The molecule has 0 aliphatic carbocycles. The zero-order valence-electron chi connectivity index (χ0n) is 11.4. The first-order valence-electron chi connectivity index (χ1n) is 6.41. The van der Waals surface area contributed by atoms with Crippen LogP contribution in [-0.4, -0.2) is 24.7 Å². The van der Waals surface area contributed by atoms with Gasteiger partial charge in [0.05, 0.1) is 6.61 Å². The topological polar surface area (TPSA) is 64.3 Å². The quantitative estimate of drug-likeness (QED) is 0.808. The third-order valence-corrected chi connectivity index (χ3v) is 3.63. The van der Waals surface area contributed by atoms with E-state index in [4.69, 9.17) is 10.5 Å². The van der Waals surface area contributed by atoms with E-state index in [0.717, 1.165) is 23.0 Å². The second-order valence-electron chi connectivity index (χ2n) is 4.62. The Labute approximate surface area is 122 Å². The second-order valence-corrected chi connectivity index (χ2v) is 5.54. The molecule has 1 aromatic carbocycles. The maximum absolute atomic E-state index is 11.7. The van der Waals surface area contributed by atoms with Crippen LogP contribution in [0.4, 0.5) is 5.69 Å². The minimum absolute atomic E-state index is 0.0193. The summed E-state index contributed by atoms with van der Waals surface area (Å²) in [6, 6.07) is 7.42. The highest BCUT2D eigenvalue weighted by Crippen LogP contribution is 2.15. The third kappa shape index (κ3) is 5.72. The first kappa shape index (κ1) is 16.1. The molecule has 0 spiro atoms. The number of amides is 1. The molecule has 106 valence electrons. The molecule has 19 heavy (non-hydrogen) atoms. The van der Waals surface area contributed by atoms with Crippen molar-refractivity contribution in [3.8, 4) is 0 Å². The lowest BCUT2D eigenvalue weighted by Crippen LogP contribution is -2.43. The SMILES string of the molecule is CCC(N)(CC)COCC(=O)Nc1cccc(Br)c1. The van der Waals surface area contributed by atoms with Gasteiger partial charge in [0.2, 0.25) is 5.91 Å². The first-order valence-corrected chi connectivity index (χ1v) is 7.20. The third-order valence-electron chi connectivity index (χ3n) is 3.14. The molecule has 0 bridgehead atoms. The maximum Gasteiger partial charge on any atom is 0.250 e. The Morgan fingerprint density at radius 2 is 2.11 bits per heavy atom. The molecule has 0 aliphatic rings. The van der Waals surface area contributed by atoms with Crippen molar-refractivity contribution in [2.24, 2.45) is 5.73 Å². The van der Waals surface area contributed by atoms with Crippen molar-refractivity contribution < 1.29 is 9.53 Å². The smallest absolute Gasteiger partial charge is 0.250 e. The lowest BCUT2D eigenvalue weighted by Gasteiger charge is -2.26. The molecule has 1 rings (SSSR count). The number of rotatable bonds is 7. The van der Waals surface area contributed by atoms with E-state index in [1.807, 2.05) is 38.1 Å². The number of nitrogens with two attached hydrogens (primary N) is 1. The van der Waals surface area contributed by atoms with Gasteiger partial charge in [-0.1, -0.05) is 35.8 Å². The van der Waals surface area contributed by atoms with E-state index in [1.54, 1.807) is 0 Å². The average molecular weight is 329 g/mol. The number of anilines is 1. The van der Waals surface area contributed by atoms with Gasteiger partial charge in [-0.2, -0.15) is 0 Å². The van der Waals surface area contributed by atoms with Crippen LogP contribution in [0.2, 0.25) is 0 Å². The number of nitrogens with one attached hydrogen (secondary N) is 1. The summed E-state index contributed by atoms with van der Waals surface area (Å²) in [6.07, 6.45) is 1.66. The van der Waals surface area contributed by atoms with Crippen molar-refractivity contribution >= 4 is 27.5 Å². The highest BCUT2D eigenvalue weighted by atomic mass is 79.9. The summed E-state index contributed by atoms with van der Waals surface area (Å²) >= 11 is 3.35. The molecule has 4 nitrogen and oxygen atoms in total. The van der Waals surface area contributed by atoms with Gasteiger partial charge in [-0.05, 0) is 31.0 Å². The number of hydrogen-bond acceptors (Lipinski definition) is 3. The molecular formula is C14H21BrN2O2. The molecule has 0 atom stereocenters. The van der Waals surface area contributed by atoms with Gasteiger partial charge >= 0.3 is 0 Å². The molecule has 0 fully saturated rings. The standard InChI is InChI=1S/C14H21BrN2O2/c1-3-14(16,4-2)10-19-9-13(18)17-12-7-5-6-11(15)8-12/h5-8H,3-4,9-10,16H2,1-2H3,(H,17,18). The molecule has 0 unspecified atom stereocenters. The number of carbonyl (C=O) groups excluding carboxylic acids is 1. The van der Waals surface area contributed by atoms with Gasteiger partial charge in [0, 0.05) is 15.7 Å². The lowest BCUT2D eigenvalue weighted by atomic mass is 9.96. The first-order chi connectivity index (χ1) is 8.99. The van der Waals surface area contributed by atoms with Gasteiger partial charge in [0.15, 0.2) is 0 Å². The highest BCUT2D eigenvalue weighted by molar-refractivity contribution is 9.10. The van der Waals surface area contributed by atoms with Gasteiger partial charge < -0.3 is 15.8 Å². The van der Waals surface area contributed by atoms with Crippen LogP contribution in [0.15, 0.2) is 28.7 Å². The zero-order valence-corrected chi connectivity index (χ0v) is 13.0. The Balaban J connectivity index is 2.36. The minimum Gasteiger partial charge on any atom is -0.370 e. The Morgan fingerprint density at radius 1 is 1.42 bits per heavy atom. The Bertz CT molecular complexity index is 420. The molecule has 0 saturated carbocycles. The van der Waals surface area contributed by atoms with Crippen LogP contribution in [0.5, 0.6) is 0 Å². The number of benzene rings is 1. The summed E-state index contributed by atoms with van der Waals surface area (Å²) in [5.41, 5.74) is 6.50. The number of ether oxygens (including phenoxy) is 1. The second kappa shape index (κ2) is 7.62. The molecular weight excluding hydrogens is 308 g/mol. The van der Waals surface area contributed by atoms with Crippen molar-refractivity contribution in [2.45, 2.75) is 32.2 Å². The molecule has 0 radical (unpaired) electrons. The molecule has 0 saturated heterocycles. The van der Waals surface area contributed by atoms with Crippen LogP contribution >= 0.6 is 15.9 Å². The van der Waals surface area contributed by atoms with Crippen LogP contribution < -0.4 is 11.1 Å². The van der Waals surface area contributed by atoms with E-state index >= 15 is 0 Å². The van der Waals surface area contributed by atoms with E-state index < -0.39 is 0 Å². The van der Waals surface area contributed by atoms with Crippen LogP contribution in [0, 0.1) is 0 Å². The fourth-order valence-corrected chi connectivity index (χ4v) is 1.96. The summed E-state index contributed by atoms with van der Waals surface area (Å²) in [7, 11) is 0. The van der Waals surface area contributed by atoms with Gasteiger partial charge in [-0.3, -0.25) is 4.79 Å². The summed E-state index contributed by atoms with van der Waals surface area (Å²) in [5, 5.41) is 2.77. The van der Waals surface area contributed by atoms with E-state index in [0.29, 0.717) is 6.61 Å². The van der Waals surface area contributed by atoms with Crippen LogP contribution in [-0.2, 0) is 9.53 Å². The molecule has 1 aromatic rings. The summed E-state index contributed by atoms with van der Waals surface area (Å²) in [5.74, 6) is -0.173. The van der Waals surface area contributed by atoms with E-state index in [-0.39, 0.29) is 18.1 Å². The summed E-state index contributed by atoms with van der Waals surface area (Å²) in [6.45, 7) is 4.46. The van der Waals surface area contributed by atoms with Gasteiger partial charge in [0.1, 0.15) is 6.61 Å². The minimum atomic E-state index is -0.337. The van der Waals surface area contributed by atoms with Crippen molar-refractivity contribution in [1.82, 2.24) is 0 Å². The molecule has 0 aliphatic heterocycles. The number of halogens is 1. The van der Waals surface area contributed by atoms with Crippen molar-refractivity contribution in [2.75, 3.05) is 18.5 Å². The van der Waals surface area contributed by atoms with Gasteiger partial charge in [-0.15, -0.1) is 0 Å². The predicted octanol–water partition coefficient (Wildman–Crippen LogP) is 2.92. The van der Waals surface area contributed by atoms with Crippen molar-refractivity contribution in [3.05, 3.63) is 28.7 Å². The van der Waals surface area contributed by atoms with Gasteiger partial charge in [-0.25, -0.2) is 0 Å². The van der Waals surface area contributed by atoms with Crippen LogP contribution in [0.25, 0.3) is 0 Å². The van der Waals surface area contributed by atoms with E-state index in [1.165, 1.54) is 0 Å². The Kier molecular flexibility index (Phi) is 6.48. The van der Waals surface area contributed by atoms with Crippen molar-refractivity contribution in [1.29, 1.82) is 0 Å². The average Bonchev–Trinajstić information content (AvgIpc) is 2.38. The normalized spacial score (nSPS) is 11.4. The number of carbonyl (C=O) groups is 1. The van der Waals surface area contributed by atoms with E-state index in [9.17, 15) is 4.79 Å². The zero-order chi connectivity index (χ0) is 14.3. The molecule has 0 aromatic heterocycles. The van der Waals surface area contributed by atoms with Crippen LogP contribution in [0.1, 0.15) is 26.7 Å². The Hall–Kier alpha value is -0.910.